The molecule has 18 heavy (non-hydrogen) atoms. The fraction of sp³-hybridized carbons (Fsp3) is 0.500. The molecule has 0 radical (unpaired) electrons. The highest BCUT2D eigenvalue weighted by molar-refractivity contribution is 5.98. The molecule has 98 valence electrons. The van der Waals surface area contributed by atoms with E-state index in [1.807, 2.05) is 18.2 Å². The third-order valence-electron chi connectivity index (χ3n) is 3.56. The van der Waals surface area contributed by atoms with Gasteiger partial charge in [0, 0.05) is 0 Å². The topological polar surface area (TPSA) is 58.6 Å². The molecule has 0 bridgehead atoms. The van der Waals surface area contributed by atoms with E-state index in [0.717, 1.165) is 24.8 Å². The van der Waals surface area contributed by atoms with Crippen molar-refractivity contribution in [3.05, 3.63) is 23.8 Å². The summed E-state index contributed by atoms with van der Waals surface area (Å²) < 4.78 is 5.24. The van der Waals surface area contributed by atoms with Crippen LogP contribution in [0.25, 0.3) is 0 Å². The van der Waals surface area contributed by atoms with Gasteiger partial charge < -0.3 is 15.2 Å². The Morgan fingerprint density at radius 3 is 2.72 bits per heavy atom. The zero-order valence-corrected chi connectivity index (χ0v) is 10.8. The van der Waals surface area contributed by atoms with Crippen LogP contribution in [0.5, 0.6) is 5.75 Å². The van der Waals surface area contributed by atoms with Gasteiger partial charge in [-0.3, -0.25) is 4.79 Å². The van der Waals surface area contributed by atoms with Crippen LogP contribution in [0.3, 0.4) is 0 Å². The van der Waals surface area contributed by atoms with Gasteiger partial charge in [0.25, 0.3) is 0 Å². The van der Waals surface area contributed by atoms with Crippen molar-refractivity contribution in [2.75, 3.05) is 19.0 Å². The third kappa shape index (κ3) is 2.34. The number of hydrogen-bond acceptors (Lipinski definition) is 3. The van der Waals surface area contributed by atoms with Gasteiger partial charge in [0.1, 0.15) is 5.75 Å². The first-order valence-corrected chi connectivity index (χ1v) is 6.24. The number of aliphatic hydroxyl groups excluding tert-OH is 1. The Hall–Kier alpha value is -1.55. The van der Waals surface area contributed by atoms with Crippen LogP contribution in [0.2, 0.25) is 0 Å². The lowest BCUT2D eigenvalue weighted by Crippen LogP contribution is -2.27. The van der Waals surface area contributed by atoms with E-state index in [2.05, 4.69) is 12.2 Å². The van der Waals surface area contributed by atoms with E-state index in [4.69, 9.17) is 4.74 Å². The van der Waals surface area contributed by atoms with Gasteiger partial charge in [-0.2, -0.15) is 0 Å². The quantitative estimate of drug-likeness (QED) is 0.838. The minimum Gasteiger partial charge on any atom is -0.495 e. The van der Waals surface area contributed by atoms with Crippen LogP contribution in [0.15, 0.2) is 18.2 Å². The summed E-state index contributed by atoms with van der Waals surface area (Å²) in [4.78, 5) is 12.1. The Bertz CT molecular complexity index is 452. The Morgan fingerprint density at radius 2 is 2.22 bits per heavy atom. The number of benzene rings is 1. The summed E-state index contributed by atoms with van der Waals surface area (Å²) >= 11 is 0. The van der Waals surface area contributed by atoms with Crippen molar-refractivity contribution in [3.8, 4) is 5.75 Å². The average Bonchev–Trinajstić information content (AvgIpc) is 3.19. The van der Waals surface area contributed by atoms with Gasteiger partial charge in [-0.05, 0) is 37.0 Å². The molecule has 4 nitrogen and oxygen atoms in total. The van der Waals surface area contributed by atoms with E-state index < -0.39 is 5.41 Å². The van der Waals surface area contributed by atoms with Crippen molar-refractivity contribution in [1.29, 1.82) is 0 Å². The average molecular weight is 249 g/mol. The predicted octanol–water partition coefficient (Wildman–Crippen LogP) is 1.97. The molecule has 0 aliphatic heterocycles. The molecule has 2 N–H and O–H groups in total. The molecular formula is C14H19NO3. The summed E-state index contributed by atoms with van der Waals surface area (Å²) in [5.74, 6) is 0.533. The largest absolute Gasteiger partial charge is 0.495 e. The van der Waals surface area contributed by atoms with Crippen molar-refractivity contribution < 1.29 is 14.6 Å². The maximum atomic E-state index is 12.1. The maximum absolute atomic E-state index is 12.1. The Morgan fingerprint density at radius 1 is 1.50 bits per heavy atom. The number of nitrogens with one attached hydrogen (secondary N) is 1. The molecule has 1 aliphatic carbocycles. The number of methoxy groups -OCH3 is 1. The van der Waals surface area contributed by atoms with Crippen LogP contribution in [0, 0.1) is 5.41 Å². The SMILES string of the molecule is CCc1ccc(OC)c(NC(=O)C2(CO)CC2)c1. The molecule has 0 aromatic heterocycles. The van der Waals surface area contributed by atoms with Gasteiger partial charge in [0.15, 0.2) is 0 Å². The number of carbonyl (C=O) groups is 1. The lowest BCUT2D eigenvalue weighted by Gasteiger charge is -2.15. The summed E-state index contributed by atoms with van der Waals surface area (Å²) in [6.45, 7) is 1.97. The zero-order chi connectivity index (χ0) is 13.2. The maximum Gasteiger partial charge on any atom is 0.233 e. The van der Waals surface area contributed by atoms with Crippen molar-refractivity contribution in [3.63, 3.8) is 0 Å². The van der Waals surface area contributed by atoms with Crippen LogP contribution in [0.4, 0.5) is 5.69 Å². The minimum absolute atomic E-state index is 0.0887. The van der Waals surface area contributed by atoms with E-state index in [0.29, 0.717) is 11.4 Å². The van der Waals surface area contributed by atoms with Crippen LogP contribution in [-0.4, -0.2) is 24.7 Å². The monoisotopic (exact) mass is 249 g/mol. The standard InChI is InChI=1S/C14H19NO3/c1-3-10-4-5-12(18-2)11(8-10)15-13(17)14(9-16)6-7-14/h4-5,8,16H,3,6-7,9H2,1-2H3,(H,15,17). The van der Waals surface area contributed by atoms with Crippen molar-refractivity contribution in [2.45, 2.75) is 26.2 Å². The summed E-state index contributed by atoms with van der Waals surface area (Å²) in [5, 5.41) is 12.1. The third-order valence-corrected chi connectivity index (χ3v) is 3.56. The highest BCUT2D eigenvalue weighted by Gasteiger charge is 2.49. The number of aliphatic hydroxyl groups is 1. The highest BCUT2D eigenvalue weighted by atomic mass is 16.5. The summed E-state index contributed by atoms with van der Waals surface area (Å²) in [7, 11) is 1.58. The predicted molar refractivity (Wildman–Crippen MR) is 69.8 cm³/mol. The van der Waals surface area contributed by atoms with Crippen LogP contribution in [-0.2, 0) is 11.2 Å². The highest BCUT2D eigenvalue weighted by Crippen LogP contribution is 2.46. The van der Waals surface area contributed by atoms with E-state index >= 15 is 0 Å². The molecule has 1 aromatic rings. The van der Waals surface area contributed by atoms with Gasteiger partial charge in [0.2, 0.25) is 5.91 Å². The molecule has 1 saturated carbocycles. The first kappa shape index (κ1) is 12.9. The normalized spacial score (nSPS) is 16.2. The van der Waals surface area contributed by atoms with Gasteiger partial charge >= 0.3 is 0 Å². The number of hydrogen-bond donors (Lipinski definition) is 2. The number of carbonyl (C=O) groups excluding carboxylic acids is 1. The van der Waals surface area contributed by atoms with Gasteiger partial charge in [-0.1, -0.05) is 13.0 Å². The molecule has 2 rings (SSSR count). The minimum atomic E-state index is -0.562. The van der Waals surface area contributed by atoms with Gasteiger partial charge in [0.05, 0.1) is 24.8 Å². The molecule has 0 unspecified atom stereocenters. The first-order valence-electron chi connectivity index (χ1n) is 6.24. The summed E-state index contributed by atoms with van der Waals surface area (Å²) in [6, 6.07) is 5.75. The Kier molecular flexibility index (Phi) is 3.57. The molecule has 1 fully saturated rings. The lowest BCUT2D eigenvalue weighted by atomic mass is 10.1. The van der Waals surface area contributed by atoms with Gasteiger partial charge in [-0.25, -0.2) is 0 Å². The van der Waals surface area contributed by atoms with E-state index in [9.17, 15) is 9.90 Å². The van der Waals surface area contributed by atoms with Crippen molar-refractivity contribution in [1.82, 2.24) is 0 Å². The molecule has 1 aliphatic rings. The number of ether oxygens (including phenoxy) is 1. The molecular weight excluding hydrogens is 230 g/mol. The van der Waals surface area contributed by atoms with E-state index in [1.165, 1.54) is 0 Å². The van der Waals surface area contributed by atoms with Crippen LogP contribution in [0.1, 0.15) is 25.3 Å². The second kappa shape index (κ2) is 4.98. The lowest BCUT2D eigenvalue weighted by molar-refractivity contribution is -0.122. The Balaban J connectivity index is 2.19. The van der Waals surface area contributed by atoms with Crippen LogP contribution >= 0.6 is 0 Å². The summed E-state index contributed by atoms with van der Waals surface area (Å²) in [6.07, 6.45) is 2.41. The van der Waals surface area contributed by atoms with Crippen molar-refractivity contribution >= 4 is 11.6 Å². The number of aryl methyl sites for hydroxylation is 1. The summed E-state index contributed by atoms with van der Waals surface area (Å²) in [5.41, 5.74) is 1.26. The van der Waals surface area contributed by atoms with Gasteiger partial charge in [-0.15, -0.1) is 0 Å². The fourth-order valence-electron chi connectivity index (χ4n) is 1.94. The molecule has 0 atom stereocenters. The Labute approximate surface area is 107 Å². The molecule has 1 aromatic carbocycles. The molecule has 1 amide bonds. The smallest absolute Gasteiger partial charge is 0.233 e. The second-order valence-corrected chi connectivity index (χ2v) is 4.78. The fourth-order valence-corrected chi connectivity index (χ4v) is 1.94. The first-order chi connectivity index (χ1) is 8.65. The molecule has 0 heterocycles. The molecule has 4 heteroatoms. The van der Waals surface area contributed by atoms with E-state index in [1.54, 1.807) is 7.11 Å². The van der Waals surface area contributed by atoms with E-state index in [-0.39, 0.29) is 12.5 Å². The van der Waals surface area contributed by atoms with Crippen LogP contribution < -0.4 is 10.1 Å². The second-order valence-electron chi connectivity index (χ2n) is 4.78. The zero-order valence-electron chi connectivity index (χ0n) is 10.8. The van der Waals surface area contributed by atoms with Crippen molar-refractivity contribution in [2.24, 2.45) is 5.41 Å². The number of anilines is 1. The molecule has 0 spiro atoms. The molecule has 0 saturated heterocycles. The number of rotatable bonds is 5. The number of amides is 1.